The molecule has 3 rings (SSSR count). The number of carbonyl (C=O) groups excluding carboxylic acids is 1. The monoisotopic (exact) mass is 525 g/mol. The molecule has 1 aromatic carbocycles. The molecular weight excluding hydrogens is 493 g/mol. The summed E-state index contributed by atoms with van der Waals surface area (Å²) in [6.07, 6.45) is 7.43. The van der Waals surface area contributed by atoms with Crippen LogP contribution in [0.3, 0.4) is 0 Å². The van der Waals surface area contributed by atoms with Crippen LogP contribution in [0.2, 0.25) is 0 Å². The molecule has 30 heavy (non-hydrogen) atoms. The smallest absolute Gasteiger partial charge is 0.310 e. The van der Waals surface area contributed by atoms with Gasteiger partial charge in [-0.05, 0) is 37.8 Å². The molecule has 1 fully saturated rings. The molecule has 1 aliphatic rings. The summed E-state index contributed by atoms with van der Waals surface area (Å²) in [7, 11) is 0. The van der Waals surface area contributed by atoms with E-state index in [0.29, 0.717) is 19.7 Å². The van der Waals surface area contributed by atoms with E-state index < -0.39 is 0 Å². The molecule has 8 heteroatoms. The van der Waals surface area contributed by atoms with Gasteiger partial charge in [-0.3, -0.25) is 4.79 Å². The van der Waals surface area contributed by atoms with Gasteiger partial charge in [-0.1, -0.05) is 24.3 Å². The summed E-state index contributed by atoms with van der Waals surface area (Å²) in [5.74, 6) is 0.695. The number of likely N-dealkylation sites (tertiary alicyclic amines) is 1. The van der Waals surface area contributed by atoms with E-state index in [-0.39, 0.29) is 35.9 Å². The Bertz CT molecular complexity index is 792. The fraction of sp³-hybridized carbons (Fsp3) is 0.500. The lowest BCUT2D eigenvalue weighted by atomic mass is 9.98. The molecule has 0 bridgehead atoms. The molecule has 0 saturated carbocycles. The number of hydrogen-bond donors (Lipinski definition) is 1. The maximum absolute atomic E-state index is 12.1. The zero-order valence-corrected chi connectivity index (χ0v) is 20.1. The van der Waals surface area contributed by atoms with Gasteiger partial charge in [-0.25, -0.2) is 9.98 Å². The molecule has 1 aromatic heterocycles. The van der Waals surface area contributed by atoms with Gasteiger partial charge in [0, 0.05) is 38.6 Å². The number of imidazole rings is 1. The minimum absolute atomic E-state index is 0. The molecule has 2 heterocycles. The summed E-state index contributed by atoms with van der Waals surface area (Å²) in [5, 5.41) is 3.37. The Hall–Kier alpha value is -2.10. The lowest BCUT2D eigenvalue weighted by Gasteiger charge is -2.34. The number of benzene rings is 1. The van der Waals surface area contributed by atoms with Crippen LogP contribution in [0.25, 0.3) is 0 Å². The van der Waals surface area contributed by atoms with E-state index >= 15 is 0 Å². The second-order valence-electron chi connectivity index (χ2n) is 7.26. The van der Waals surface area contributed by atoms with E-state index in [4.69, 9.17) is 9.73 Å². The van der Waals surface area contributed by atoms with Crippen LogP contribution < -0.4 is 5.32 Å². The van der Waals surface area contributed by atoms with Gasteiger partial charge in [0.2, 0.25) is 0 Å². The number of guanidine groups is 1. The number of piperidine rings is 1. The van der Waals surface area contributed by atoms with Crippen molar-refractivity contribution in [2.75, 3.05) is 26.2 Å². The topological polar surface area (TPSA) is 71.8 Å². The predicted molar refractivity (Wildman–Crippen MR) is 129 cm³/mol. The third-order valence-corrected chi connectivity index (χ3v) is 5.03. The molecule has 0 spiro atoms. The van der Waals surface area contributed by atoms with Gasteiger partial charge in [0.05, 0.1) is 25.4 Å². The minimum Gasteiger partial charge on any atom is -0.466 e. The fourth-order valence-electron chi connectivity index (χ4n) is 3.56. The van der Waals surface area contributed by atoms with Crippen molar-refractivity contribution in [3.05, 3.63) is 54.1 Å². The van der Waals surface area contributed by atoms with Crippen LogP contribution in [-0.4, -0.2) is 52.6 Å². The first-order chi connectivity index (χ1) is 14.2. The molecule has 1 atom stereocenters. The number of halogens is 1. The number of hydrogen-bond acceptors (Lipinski definition) is 4. The van der Waals surface area contributed by atoms with Crippen LogP contribution in [0, 0.1) is 5.92 Å². The van der Waals surface area contributed by atoms with Gasteiger partial charge in [0.15, 0.2) is 5.96 Å². The van der Waals surface area contributed by atoms with E-state index in [1.54, 1.807) is 6.20 Å². The maximum Gasteiger partial charge on any atom is 0.310 e. The largest absolute Gasteiger partial charge is 0.466 e. The number of nitrogens with zero attached hydrogens (tertiary/aromatic N) is 4. The molecule has 7 nitrogen and oxygen atoms in total. The first kappa shape index (κ1) is 24.2. The molecule has 0 radical (unpaired) electrons. The predicted octanol–water partition coefficient (Wildman–Crippen LogP) is 3.29. The number of rotatable bonds is 7. The Balaban J connectivity index is 0.00000320. The molecule has 164 valence electrons. The Morgan fingerprint density at radius 1 is 1.27 bits per heavy atom. The minimum atomic E-state index is -0.0958. The Kier molecular flexibility index (Phi) is 10.1. The normalized spacial score (nSPS) is 16.7. The quantitative estimate of drug-likeness (QED) is 0.260. The van der Waals surface area contributed by atoms with Crippen molar-refractivity contribution in [3.8, 4) is 0 Å². The summed E-state index contributed by atoms with van der Waals surface area (Å²) in [4.78, 5) is 23.2. The van der Waals surface area contributed by atoms with Crippen LogP contribution >= 0.6 is 24.0 Å². The number of aliphatic imine (C=N–C) groups is 1. The fourth-order valence-corrected chi connectivity index (χ4v) is 3.56. The van der Waals surface area contributed by atoms with Crippen molar-refractivity contribution in [3.63, 3.8) is 0 Å². The van der Waals surface area contributed by atoms with Crippen molar-refractivity contribution in [1.82, 2.24) is 19.8 Å². The highest BCUT2D eigenvalue weighted by Crippen LogP contribution is 2.18. The van der Waals surface area contributed by atoms with Gasteiger partial charge in [-0.15, -0.1) is 24.0 Å². The average molecular weight is 525 g/mol. The van der Waals surface area contributed by atoms with E-state index in [1.807, 2.05) is 24.0 Å². The third kappa shape index (κ3) is 7.00. The SMILES string of the molecule is CCNC(=NCc1ccc(Cn2ccnc2)cc1)N1CCCC(C(=O)OCC)C1.I. The van der Waals surface area contributed by atoms with Crippen LogP contribution in [-0.2, 0) is 22.6 Å². The molecule has 0 aliphatic carbocycles. The first-order valence-corrected chi connectivity index (χ1v) is 10.4. The van der Waals surface area contributed by atoms with Crippen molar-refractivity contribution in [2.45, 2.75) is 39.8 Å². The van der Waals surface area contributed by atoms with Crippen molar-refractivity contribution in [2.24, 2.45) is 10.9 Å². The van der Waals surface area contributed by atoms with E-state index in [2.05, 4.69) is 46.4 Å². The third-order valence-electron chi connectivity index (χ3n) is 5.03. The summed E-state index contributed by atoms with van der Waals surface area (Å²) < 4.78 is 7.26. The Labute approximate surface area is 195 Å². The van der Waals surface area contributed by atoms with Crippen LogP contribution in [0.15, 0.2) is 48.0 Å². The van der Waals surface area contributed by atoms with Crippen molar-refractivity contribution in [1.29, 1.82) is 0 Å². The van der Waals surface area contributed by atoms with Gasteiger partial charge in [0.1, 0.15) is 0 Å². The molecule has 1 saturated heterocycles. The van der Waals surface area contributed by atoms with Gasteiger partial charge < -0.3 is 19.5 Å². The Morgan fingerprint density at radius 3 is 2.70 bits per heavy atom. The van der Waals surface area contributed by atoms with E-state index in [0.717, 1.165) is 44.0 Å². The highest BCUT2D eigenvalue weighted by atomic mass is 127. The van der Waals surface area contributed by atoms with Crippen molar-refractivity contribution < 1.29 is 9.53 Å². The zero-order valence-electron chi connectivity index (χ0n) is 17.8. The molecular formula is C22H32IN5O2. The first-order valence-electron chi connectivity index (χ1n) is 10.4. The molecule has 1 aliphatic heterocycles. The highest BCUT2D eigenvalue weighted by molar-refractivity contribution is 14.0. The van der Waals surface area contributed by atoms with Gasteiger partial charge in [-0.2, -0.15) is 0 Å². The number of carbonyl (C=O) groups is 1. The van der Waals surface area contributed by atoms with Gasteiger partial charge >= 0.3 is 5.97 Å². The summed E-state index contributed by atoms with van der Waals surface area (Å²) in [6, 6.07) is 8.51. The van der Waals surface area contributed by atoms with Crippen LogP contribution in [0.1, 0.15) is 37.8 Å². The zero-order chi connectivity index (χ0) is 20.5. The summed E-state index contributed by atoms with van der Waals surface area (Å²) in [6.45, 7) is 8.13. The molecule has 2 aromatic rings. The summed E-state index contributed by atoms with van der Waals surface area (Å²) in [5.41, 5.74) is 2.39. The number of nitrogens with one attached hydrogen (secondary N) is 1. The van der Waals surface area contributed by atoms with Crippen LogP contribution in [0.5, 0.6) is 0 Å². The second-order valence-corrected chi connectivity index (χ2v) is 7.26. The number of ether oxygens (including phenoxy) is 1. The summed E-state index contributed by atoms with van der Waals surface area (Å²) >= 11 is 0. The average Bonchev–Trinajstić information content (AvgIpc) is 3.25. The molecule has 1 N–H and O–H groups in total. The van der Waals surface area contributed by atoms with E-state index in [1.165, 1.54) is 5.56 Å². The van der Waals surface area contributed by atoms with Crippen molar-refractivity contribution >= 4 is 35.9 Å². The maximum atomic E-state index is 12.1. The number of esters is 1. The lowest BCUT2D eigenvalue weighted by molar-refractivity contribution is -0.149. The lowest BCUT2D eigenvalue weighted by Crippen LogP contribution is -2.48. The standard InChI is InChI=1S/C22H31N5O2.HI/c1-3-24-22(27-12-5-6-20(16-27)21(28)29-4-2)25-14-18-7-9-19(10-8-18)15-26-13-11-23-17-26;/h7-11,13,17,20H,3-6,12,14-16H2,1-2H3,(H,24,25);1H. The second kappa shape index (κ2) is 12.6. The van der Waals surface area contributed by atoms with Gasteiger partial charge in [0.25, 0.3) is 0 Å². The highest BCUT2D eigenvalue weighted by Gasteiger charge is 2.28. The molecule has 0 amide bonds. The van der Waals surface area contributed by atoms with E-state index in [9.17, 15) is 4.79 Å². The molecule has 1 unspecified atom stereocenters. The van der Waals surface area contributed by atoms with Crippen LogP contribution in [0.4, 0.5) is 0 Å². The Morgan fingerprint density at radius 2 is 2.03 bits per heavy atom. The number of aromatic nitrogens is 2.